The third-order valence-electron chi connectivity index (χ3n) is 8.58. The molecule has 0 fully saturated rings. The van der Waals surface area contributed by atoms with Gasteiger partial charge in [-0.2, -0.15) is 13.1 Å². The van der Waals surface area contributed by atoms with Gasteiger partial charge in [-0.05, 0) is 102 Å². The van der Waals surface area contributed by atoms with Gasteiger partial charge in [0.15, 0.2) is 6.67 Å². The smallest absolute Gasteiger partial charge is 0.315 e. The van der Waals surface area contributed by atoms with Crippen LogP contribution in [0.15, 0.2) is 120 Å². The zero-order chi connectivity index (χ0) is 41.0. The van der Waals surface area contributed by atoms with Crippen molar-refractivity contribution < 1.29 is 35.6 Å². The third-order valence-corrected chi connectivity index (χ3v) is 10.7. The molecule has 0 saturated carbocycles. The molecule has 0 heterocycles. The van der Waals surface area contributed by atoms with Crippen molar-refractivity contribution >= 4 is 21.8 Å². The molecule has 0 aliphatic rings. The van der Waals surface area contributed by atoms with Crippen LogP contribution in [0.4, 0.5) is 17.6 Å². The van der Waals surface area contributed by atoms with Crippen LogP contribution in [0.1, 0.15) is 58.2 Å². The van der Waals surface area contributed by atoms with Gasteiger partial charge < -0.3 is 9.80 Å². The molecule has 0 aromatic heterocycles. The SMILES string of the molecule is CC(C)N(CCc1ccccc1)C(=O)C(F)F.CC(C)N(CCc1ccccc1)C(=O)CF.CC(C)N(CCc1ccccc1)S(=O)(=O)c1ccc(F)cc1. The minimum atomic E-state index is -3.62. The van der Waals surface area contributed by atoms with Crippen LogP contribution in [0.2, 0.25) is 0 Å². The van der Waals surface area contributed by atoms with Crippen LogP contribution in [-0.4, -0.2) is 85.2 Å². The number of alkyl halides is 3. The van der Waals surface area contributed by atoms with Crippen molar-refractivity contribution in [2.45, 2.75) is 90.3 Å². The summed E-state index contributed by atoms with van der Waals surface area (Å²) in [5.74, 6) is -1.96. The minimum Gasteiger partial charge on any atom is -0.338 e. The van der Waals surface area contributed by atoms with Gasteiger partial charge in [0, 0.05) is 37.8 Å². The summed E-state index contributed by atoms with van der Waals surface area (Å²) in [6.45, 7) is 11.3. The topological polar surface area (TPSA) is 78.0 Å². The molecular formula is C43H55F4N3O4S. The lowest BCUT2D eigenvalue weighted by Crippen LogP contribution is -2.41. The standard InChI is InChI=1S/C17H20FNO2S.C13H17F2NO.C13H18FNO/c1-14(2)19(13-12-15-6-4-3-5-7-15)22(20,21)17-10-8-16(18)9-11-17;1-10(2)16(13(17)12(14)15)9-8-11-6-4-3-5-7-11;1-11(2)15(13(16)10-14)9-8-12-6-4-3-5-7-12/h3-11,14H,12-13H2,1-2H3;3-7,10,12H,8-9H2,1-2H3;3-7,11H,8-10H2,1-2H3. The average Bonchev–Trinajstić information content (AvgIpc) is 3.16. The van der Waals surface area contributed by atoms with E-state index < -0.39 is 40.8 Å². The number of nitrogens with zero attached hydrogens (tertiary/aromatic N) is 3. The lowest BCUT2D eigenvalue weighted by molar-refractivity contribution is -0.144. The highest BCUT2D eigenvalue weighted by Crippen LogP contribution is 2.19. The summed E-state index contributed by atoms with van der Waals surface area (Å²) >= 11 is 0. The Kier molecular flexibility index (Phi) is 20.4. The van der Waals surface area contributed by atoms with Gasteiger partial charge in [0.1, 0.15) is 5.82 Å². The molecule has 0 N–H and O–H groups in total. The first-order chi connectivity index (χ1) is 26.1. The minimum absolute atomic E-state index is 0.0481. The van der Waals surface area contributed by atoms with Gasteiger partial charge in [-0.3, -0.25) is 9.59 Å². The Morgan fingerprint density at radius 1 is 0.564 bits per heavy atom. The predicted octanol–water partition coefficient (Wildman–Crippen LogP) is 8.63. The summed E-state index contributed by atoms with van der Waals surface area (Å²) in [6.07, 6.45) is -0.921. The molecule has 55 heavy (non-hydrogen) atoms. The molecule has 0 atom stereocenters. The van der Waals surface area contributed by atoms with Crippen molar-refractivity contribution in [3.8, 4) is 0 Å². The van der Waals surface area contributed by atoms with E-state index in [1.165, 1.54) is 39.0 Å². The largest absolute Gasteiger partial charge is 0.338 e. The Morgan fingerprint density at radius 3 is 1.29 bits per heavy atom. The molecule has 0 aliphatic heterocycles. The molecule has 0 unspecified atom stereocenters. The quantitative estimate of drug-likeness (QED) is 0.107. The Hall–Kier alpha value is -4.55. The number of amides is 2. The summed E-state index contributed by atoms with van der Waals surface area (Å²) in [4.78, 5) is 25.5. The van der Waals surface area contributed by atoms with E-state index in [0.29, 0.717) is 32.5 Å². The molecule has 0 radical (unpaired) electrons. The highest BCUT2D eigenvalue weighted by atomic mass is 32.2. The van der Waals surface area contributed by atoms with Crippen LogP contribution in [-0.2, 0) is 38.9 Å². The number of halogens is 4. The van der Waals surface area contributed by atoms with Gasteiger partial charge in [0.05, 0.1) is 4.90 Å². The molecule has 0 aliphatic carbocycles. The summed E-state index contributed by atoms with van der Waals surface area (Å²) in [6, 6.07) is 33.8. The number of benzene rings is 4. The summed E-state index contributed by atoms with van der Waals surface area (Å²) < 4.78 is 76.9. The number of rotatable bonds is 16. The normalized spacial score (nSPS) is 11.3. The van der Waals surface area contributed by atoms with Crippen LogP contribution >= 0.6 is 0 Å². The molecule has 0 saturated heterocycles. The van der Waals surface area contributed by atoms with E-state index in [4.69, 9.17) is 0 Å². The van der Waals surface area contributed by atoms with Crippen molar-refractivity contribution in [1.29, 1.82) is 0 Å². The van der Waals surface area contributed by atoms with E-state index in [1.54, 1.807) is 18.7 Å². The molecule has 0 bridgehead atoms. The Bertz CT molecular complexity index is 1780. The van der Waals surface area contributed by atoms with Crippen molar-refractivity contribution in [3.63, 3.8) is 0 Å². The second kappa shape index (κ2) is 24.1. The monoisotopic (exact) mass is 785 g/mol. The maximum absolute atomic E-state index is 13.0. The van der Waals surface area contributed by atoms with Gasteiger partial charge in [0.2, 0.25) is 10.0 Å². The van der Waals surface area contributed by atoms with Gasteiger partial charge in [-0.25, -0.2) is 17.2 Å². The van der Waals surface area contributed by atoms with E-state index in [2.05, 4.69) is 0 Å². The average molecular weight is 786 g/mol. The molecule has 0 spiro atoms. The number of carbonyl (C=O) groups excluding carboxylic acids is 2. The van der Waals surface area contributed by atoms with Gasteiger partial charge in [0.25, 0.3) is 11.8 Å². The van der Waals surface area contributed by atoms with Gasteiger partial charge in [-0.15, -0.1) is 0 Å². The summed E-state index contributed by atoms with van der Waals surface area (Å²) in [5.41, 5.74) is 3.29. The van der Waals surface area contributed by atoms with E-state index >= 15 is 0 Å². The molecule has 4 rings (SSSR count). The van der Waals surface area contributed by atoms with E-state index in [0.717, 1.165) is 17.5 Å². The van der Waals surface area contributed by atoms with Crippen LogP contribution in [0.5, 0.6) is 0 Å². The summed E-state index contributed by atoms with van der Waals surface area (Å²) in [7, 11) is -3.62. The van der Waals surface area contributed by atoms with Gasteiger partial charge >= 0.3 is 6.43 Å². The first-order valence-electron chi connectivity index (χ1n) is 18.4. The molecule has 12 heteroatoms. The van der Waals surface area contributed by atoms with E-state index in [-0.39, 0.29) is 23.0 Å². The lowest BCUT2D eigenvalue weighted by atomic mass is 10.1. The Morgan fingerprint density at radius 2 is 0.945 bits per heavy atom. The second-order valence-electron chi connectivity index (χ2n) is 13.6. The van der Waals surface area contributed by atoms with Crippen molar-refractivity contribution in [1.82, 2.24) is 14.1 Å². The highest BCUT2D eigenvalue weighted by Gasteiger charge is 2.27. The predicted molar refractivity (Wildman–Crippen MR) is 212 cm³/mol. The fourth-order valence-corrected chi connectivity index (χ4v) is 7.20. The lowest BCUT2D eigenvalue weighted by Gasteiger charge is -2.26. The zero-order valence-electron chi connectivity index (χ0n) is 32.6. The Labute approximate surface area is 325 Å². The Balaban J connectivity index is 0.000000290. The molecule has 7 nitrogen and oxygen atoms in total. The van der Waals surface area contributed by atoms with Crippen molar-refractivity contribution in [3.05, 3.63) is 138 Å². The van der Waals surface area contributed by atoms with Crippen LogP contribution < -0.4 is 0 Å². The maximum atomic E-state index is 13.0. The van der Waals surface area contributed by atoms with Crippen molar-refractivity contribution in [2.75, 3.05) is 26.3 Å². The first kappa shape index (κ1) is 46.6. The molecular weight excluding hydrogens is 731 g/mol. The fraction of sp³-hybridized carbons (Fsp3) is 0.395. The van der Waals surface area contributed by atoms with Crippen LogP contribution in [0.25, 0.3) is 0 Å². The number of hydrogen-bond acceptors (Lipinski definition) is 4. The first-order valence-corrected chi connectivity index (χ1v) is 19.9. The van der Waals surface area contributed by atoms with Crippen molar-refractivity contribution in [2.24, 2.45) is 0 Å². The highest BCUT2D eigenvalue weighted by molar-refractivity contribution is 7.89. The van der Waals surface area contributed by atoms with Crippen LogP contribution in [0.3, 0.4) is 0 Å². The van der Waals surface area contributed by atoms with Gasteiger partial charge in [-0.1, -0.05) is 91.0 Å². The second-order valence-corrected chi connectivity index (χ2v) is 15.5. The fourth-order valence-electron chi connectivity index (χ4n) is 5.57. The summed E-state index contributed by atoms with van der Waals surface area (Å²) in [5, 5.41) is 0. The maximum Gasteiger partial charge on any atom is 0.315 e. The van der Waals surface area contributed by atoms with Crippen LogP contribution in [0, 0.1) is 5.82 Å². The number of sulfonamides is 1. The third kappa shape index (κ3) is 16.4. The molecule has 2 amide bonds. The number of hydrogen-bond donors (Lipinski definition) is 0. The molecule has 4 aromatic rings. The zero-order valence-corrected chi connectivity index (χ0v) is 33.4. The number of carbonyl (C=O) groups is 2. The molecule has 300 valence electrons. The van der Waals surface area contributed by atoms with E-state index in [1.807, 2.05) is 119 Å². The molecule has 4 aromatic carbocycles. The van der Waals surface area contributed by atoms with E-state index in [9.17, 15) is 35.6 Å².